The second-order valence-electron chi connectivity index (χ2n) is 4.07. The Morgan fingerprint density at radius 3 is 2.79 bits per heavy atom. The van der Waals surface area contributed by atoms with Gasteiger partial charge in [0.25, 0.3) is 0 Å². The third-order valence-electron chi connectivity index (χ3n) is 2.39. The maximum Gasteiger partial charge on any atom is 0.0780 e. The van der Waals surface area contributed by atoms with Crippen LogP contribution < -0.4 is 5.32 Å². The van der Waals surface area contributed by atoms with E-state index < -0.39 is 0 Å². The van der Waals surface area contributed by atoms with E-state index >= 15 is 0 Å². The molecule has 0 heterocycles. The molecule has 3 heteroatoms. The molecule has 1 saturated carbocycles. The maximum atomic E-state index is 5.55. The van der Waals surface area contributed by atoms with Gasteiger partial charge in [0.2, 0.25) is 0 Å². The van der Waals surface area contributed by atoms with Crippen LogP contribution in [0.1, 0.15) is 32.6 Å². The van der Waals surface area contributed by atoms with Gasteiger partial charge >= 0.3 is 0 Å². The number of nitrogens with one attached hydrogen (secondary N) is 1. The number of ether oxygens (including phenoxy) is 2. The van der Waals surface area contributed by atoms with Crippen LogP contribution in [-0.2, 0) is 9.47 Å². The summed E-state index contributed by atoms with van der Waals surface area (Å²) in [6.07, 6.45) is 5.35. The van der Waals surface area contributed by atoms with E-state index in [0.29, 0.717) is 6.61 Å². The smallest absolute Gasteiger partial charge is 0.0780 e. The molecule has 1 N–H and O–H groups in total. The molecule has 0 aromatic heterocycles. The average Bonchev–Trinajstić information content (AvgIpc) is 2.95. The van der Waals surface area contributed by atoms with E-state index in [-0.39, 0.29) is 6.10 Å². The Bertz CT molecular complexity index is 137. The van der Waals surface area contributed by atoms with Gasteiger partial charge in [0.15, 0.2) is 0 Å². The third-order valence-corrected chi connectivity index (χ3v) is 2.39. The zero-order chi connectivity index (χ0) is 10.2. The number of unbranched alkanes of at least 4 members (excludes halogenated alkanes) is 1. The van der Waals surface area contributed by atoms with E-state index in [9.17, 15) is 0 Å². The van der Waals surface area contributed by atoms with Gasteiger partial charge in [0, 0.05) is 19.8 Å². The summed E-state index contributed by atoms with van der Waals surface area (Å²) in [6, 6.07) is 0.836. The zero-order valence-corrected chi connectivity index (χ0v) is 9.42. The fourth-order valence-corrected chi connectivity index (χ4v) is 1.39. The van der Waals surface area contributed by atoms with Gasteiger partial charge in [0.05, 0.1) is 12.7 Å². The van der Waals surface area contributed by atoms with Gasteiger partial charge in [-0.2, -0.15) is 0 Å². The molecule has 84 valence electrons. The molecule has 1 atom stereocenters. The number of rotatable bonds is 9. The molecule has 0 amide bonds. The predicted octanol–water partition coefficient (Wildman–Crippen LogP) is 1.57. The quantitative estimate of drug-likeness (QED) is 0.574. The molecule has 0 radical (unpaired) electrons. The Morgan fingerprint density at radius 2 is 2.14 bits per heavy atom. The normalized spacial score (nSPS) is 18.4. The molecule has 1 aliphatic rings. The molecule has 1 unspecified atom stereocenters. The molecule has 0 spiro atoms. The predicted molar refractivity (Wildman–Crippen MR) is 57.5 cm³/mol. The first-order chi connectivity index (χ1) is 6.83. The lowest BCUT2D eigenvalue weighted by Gasteiger charge is -2.11. The van der Waals surface area contributed by atoms with Crippen molar-refractivity contribution < 1.29 is 9.47 Å². The van der Waals surface area contributed by atoms with Crippen LogP contribution in [0.4, 0.5) is 0 Å². The molecule has 0 bridgehead atoms. The van der Waals surface area contributed by atoms with Gasteiger partial charge in [-0.3, -0.25) is 0 Å². The Labute approximate surface area is 87.2 Å². The van der Waals surface area contributed by atoms with Crippen molar-refractivity contribution in [1.82, 2.24) is 5.32 Å². The van der Waals surface area contributed by atoms with Crippen LogP contribution in [0.5, 0.6) is 0 Å². The average molecular weight is 201 g/mol. The standard InChI is InChI=1S/C11H23NO2/c1-10(9-13-2)14-8-4-3-7-12-11-5-6-11/h10-12H,3-9H2,1-2H3. The number of methoxy groups -OCH3 is 1. The van der Waals surface area contributed by atoms with E-state index in [1.807, 2.05) is 6.92 Å². The Kier molecular flexibility index (Phi) is 6.15. The molecule has 1 fully saturated rings. The fourth-order valence-electron chi connectivity index (χ4n) is 1.39. The van der Waals surface area contributed by atoms with Crippen molar-refractivity contribution >= 4 is 0 Å². The summed E-state index contributed by atoms with van der Waals surface area (Å²) in [6.45, 7) is 4.75. The van der Waals surface area contributed by atoms with Crippen LogP contribution in [0.25, 0.3) is 0 Å². The minimum absolute atomic E-state index is 0.233. The molecular formula is C11H23NO2. The first-order valence-electron chi connectivity index (χ1n) is 5.67. The van der Waals surface area contributed by atoms with Crippen LogP contribution >= 0.6 is 0 Å². The second kappa shape index (κ2) is 7.21. The summed E-state index contributed by atoms with van der Waals surface area (Å²) in [7, 11) is 1.71. The van der Waals surface area contributed by atoms with Gasteiger partial charge < -0.3 is 14.8 Å². The van der Waals surface area contributed by atoms with Gasteiger partial charge in [-0.05, 0) is 39.2 Å². The molecule has 0 aliphatic heterocycles. The monoisotopic (exact) mass is 201 g/mol. The molecular weight excluding hydrogens is 178 g/mol. The van der Waals surface area contributed by atoms with Crippen molar-refractivity contribution in [1.29, 1.82) is 0 Å². The highest BCUT2D eigenvalue weighted by molar-refractivity contribution is 4.80. The number of hydrogen-bond acceptors (Lipinski definition) is 3. The highest BCUT2D eigenvalue weighted by Gasteiger charge is 2.19. The molecule has 1 aliphatic carbocycles. The van der Waals surface area contributed by atoms with Crippen LogP contribution in [0, 0.1) is 0 Å². The van der Waals surface area contributed by atoms with Crippen molar-refractivity contribution in [2.75, 3.05) is 26.9 Å². The fraction of sp³-hybridized carbons (Fsp3) is 1.00. The summed E-state index contributed by atoms with van der Waals surface area (Å²) in [4.78, 5) is 0. The summed E-state index contributed by atoms with van der Waals surface area (Å²) in [5, 5.41) is 3.49. The molecule has 14 heavy (non-hydrogen) atoms. The first kappa shape index (κ1) is 12.0. The molecule has 3 nitrogen and oxygen atoms in total. The summed E-state index contributed by atoms with van der Waals surface area (Å²) >= 11 is 0. The topological polar surface area (TPSA) is 30.5 Å². The maximum absolute atomic E-state index is 5.55. The highest BCUT2D eigenvalue weighted by atomic mass is 16.5. The van der Waals surface area contributed by atoms with E-state index in [1.165, 1.54) is 19.3 Å². The summed E-state index contributed by atoms with van der Waals surface area (Å²) in [5.74, 6) is 0. The Hall–Kier alpha value is -0.120. The largest absolute Gasteiger partial charge is 0.382 e. The minimum atomic E-state index is 0.233. The van der Waals surface area contributed by atoms with Gasteiger partial charge in [-0.25, -0.2) is 0 Å². The van der Waals surface area contributed by atoms with Crippen molar-refractivity contribution in [3.63, 3.8) is 0 Å². The third kappa shape index (κ3) is 6.35. The summed E-state index contributed by atoms with van der Waals surface area (Å²) < 4.78 is 10.5. The molecule has 1 rings (SSSR count). The van der Waals surface area contributed by atoms with Crippen molar-refractivity contribution in [3.05, 3.63) is 0 Å². The Balaban J connectivity index is 1.74. The van der Waals surface area contributed by atoms with Gasteiger partial charge in [-0.1, -0.05) is 0 Å². The van der Waals surface area contributed by atoms with E-state index in [0.717, 1.165) is 25.6 Å². The van der Waals surface area contributed by atoms with Crippen LogP contribution in [-0.4, -0.2) is 39.0 Å². The Morgan fingerprint density at radius 1 is 1.36 bits per heavy atom. The molecule has 0 aromatic rings. The second-order valence-corrected chi connectivity index (χ2v) is 4.07. The lowest BCUT2D eigenvalue weighted by atomic mass is 10.3. The SMILES string of the molecule is COCC(C)OCCCCNC1CC1. The number of hydrogen-bond donors (Lipinski definition) is 1. The zero-order valence-electron chi connectivity index (χ0n) is 9.42. The lowest BCUT2D eigenvalue weighted by molar-refractivity contribution is 0.00781. The highest BCUT2D eigenvalue weighted by Crippen LogP contribution is 2.18. The minimum Gasteiger partial charge on any atom is -0.382 e. The van der Waals surface area contributed by atoms with Crippen LogP contribution in [0.3, 0.4) is 0 Å². The van der Waals surface area contributed by atoms with Gasteiger partial charge in [-0.15, -0.1) is 0 Å². The summed E-state index contributed by atoms with van der Waals surface area (Å²) in [5.41, 5.74) is 0. The van der Waals surface area contributed by atoms with E-state index in [4.69, 9.17) is 9.47 Å². The lowest BCUT2D eigenvalue weighted by Crippen LogP contribution is -2.19. The van der Waals surface area contributed by atoms with E-state index in [1.54, 1.807) is 7.11 Å². The van der Waals surface area contributed by atoms with Crippen molar-refractivity contribution in [2.24, 2.45) is 0 Å². The van der Waals surface area contributed by atoms with Crippen molar-refractivity contribution in [2.45, 2.75) is 44.8 Å². The van der Waals surface area contributed by atoms with Crippen molar-refractivity contribution in [3.8, 4) is 0 Å². The first-order valence-corrected chi connectivity index (χ1v) is 5.67. The molecule has 0 saturated heterocycles. The van der Waals surface area contributed by atoms with E-state index in [2.05, 4.69) is 5.32 Å². The molecule has 0 aromatic carbocycles. The van der Waals surface area contributed by atoms with Crippen LogP contribution in [0.2, 0.25) is 0 Å². The van der Waals surface area contributed by atoms with Crippen LogP contribution in [0.15, 0.2) is 0 Å². The van der Waals surface area contributed by atoms with Gasteiger partial charge in [0.1, 0.15) is 0 Å².